The van der Waals surface area contributed by atoms with Gasteiger partial charge < -0.3 is 24.8 Å². The Labute approximate surface area is 268 Å². The predicted molar refractivity (Wildman–Crippen MR) is 163 cm³/mol. The smallest absolute Gasteiger partial charge is 1.00 e. The van der Waals surface area contributed by atoms with Crippen LogP contribution in [-0.2, 0) is 24.2 Å². The van der Waals surface area contributed by atoms with Crippen LogP contribution in [0.25, 0.3) is 11.1 Å². The number of benzene rings is 2. The molecule has 0 bridgehead atoms. The molecule has 0 aliphatic heterocycles. The number of hydrogen-bond donors (Lipinski definition) is 0. The second kappa shape index (κ2) is 17.3. The van der Waals surface area contributed by atoms with Crippen molar-refractivity contribution in [3.63, 3.8) is 0 Å². The summed E-state index contributed by atoms with van der Waals surface area (Å²) in [5, 5.41) is 0. The zero-order valence-electron chi connectivity index (χ0n) is 23.2. The summed E-state index contributed by atoms with van der Waals surface area (Å²) in [7, 11) is 0. The van der Waals surface area contributed by atoms with E-state index in [0.717, 1.165) is 0 Å². The minimum atomic E-state index is 0. The van der Waals surface area contributed by atoms with Gasteiger partial charge in [0, 0.05) is 0 Å². The van der Waals surface area contributed by atoms with Crippen molar-refractivity contribution in [3.8, 4) is 0 Å². The van der Waals surface area contributed by atoms with Gasteiger partial charge >= 0.3 is 28.4 Å². The number of fused-ring (bicyclic) bond motifs is 2. The standard InChI is InChI=1S/2C18H17.CH2.2ClH.Zr/c2*1-2-14-12-16-10-6-7-11-17(18(16)13-14)15-8-4-3-5-9-15;;;;/h2*3-14H,2H2,1H3;1H2;2*1H;/q2*-1;;;;+2/p-2. The first kappa shape index (κ1) is 33.6. The molecule has 0 N–H and O–H groups in total. The summed E-state index contributed by atoms with van der Waals surface area (Å²) < 4.78 is 3.34. The van der Waals surface area contributed by atoms with Crippen LogP contribution in [0.2, 0.25) is 0 Å². The molecule has 0 radical (unpaired) electrons. The maximum atomic E-state index is 3.34. The number of rotatable bonds is 4. The second-order valence-corrected chi connectivity index (χ2v) is 9.54. The minimum absolute atomic E-state index is 0. The fraction of sp³-hybridized carbons (Fsp3) is 0.162. The summed E-state index contributed by atoms with van der Waals surface area (Å²) in [5.74, 6) is 1.18. The Bertz CT molecular complexity index is 1250. The third kappa shape index (κ3) is 8.23. The van der Waals surface area contributed by atoms with Crippen molar-refractivity contribution in [2.24, 2.45) is 11.8 Å². The Morgan fingerprint density at radius 2 is 0.900 bits per heavy atom. The van der Waals surface area contributed by atoms with Gasteiger partial charge in [0.1, 0.15) is 0 Å². The Balaban J connectivity index is 0.000000252. The molecule has 2 unspecified atom stereocenters. The van der Waals surface area contributed by atoms with Crippen molar-refractivity contribution in [3.05, 3.63) is 168 Å². The molecule has 2 atom stereocenters. The molecule has 2 aromatic rings. The fourth-order valence-electron chi connectivity index (χ4n) is 5.15. The maximum absolute atomic E-state index is 3.34. The molecule has 0 aromatic heterocycles. The van der Waals surface area contributed by atoms with E-state index >= 15 is 0 Å². The molecule has 40 heavy (non-hydrogen) atoms. The van der Waals surface area contributed by atoms with E-state index < -0.39 is 0 Å². The topological polar surface area (TPSA) is 0 Å². The largest absolute Gasteiger partial charge is 1.00 e. The van der Waals surface area contributed by atoms with Crippen LogP contribution in [0.3, 0.4) is 0 Å². The van der Waals surface area contributed by atoms with Gasteiger partial charge in [-0.3, -0.25) is 0 Å². The monoisotopic (exact) mass is 640 g/mol. The predicted octanol–water partition coefficient (Wildman–Crippen LogP) is 3.45. The molecule has 4 aliphatic carbocycles. The first-order valence-electron chi connectivity index (χ1n) is 13.5. The van der Waals surface area contributed by atoms with Crippen molar-refractivity contribution >= 4 is 15.4 Å². The summed E-state index contributed by atoms with van der Waals surface area (Å²) in [6.07, 6.45) is 29.3. The molecular weight excluding hydrogens is 607 g/mol. The van der Waals surface area contributed by atoms with Crippen LogP contribution in [0.1, 0.15) is 37.8 Å². The van der Waals surface area contributed by atoms with Crippen molar-refractivity contribution in [2.45, 2.75) is 26.7 Å². The SMILES string of the molecule is CCC1C=C2C(=CC=CC=C2c2ccccc2)[CH-]1.CCC1C=C2C(=CC=CC=C2c2ccccc2)[CH-]1.[CH2]=[Zr+2].[Cl-].[Cl-]. The summed E-state index contributed by atoms with van der Waals surface area (Å²) in [6, 6.07) is 21.3. The second-order valence-electron chi connectivity index (χ2n) is 9.54. The van der Waals surface area contributed by atoms with E-state index in [-0.39, 0.29) is 24.8 Å². The Morgan fingerprint density at radius 1 is 0.550 bits per heavy atom. The van der Waals surface area contributed by atoms with E-state index in [9.17, 15) is 0 Å². The van der Waals surface area contributed by atoms with Gasteiger partial charge in [-0.1, -0.05) is 135 Å². The maximum Gasteiger partial charge on any atom is -1.00 e. The molecular formula is C37H36Cl2Zr-2. The first-order chi connectivity index (χ1) is 18.8. The van der Waals surface area contributed by atoms with Crippen LogP contribution in [0.4, 0.5) is 0 Å². The molecule has 0 amide bonds. The van der Waals surface area contributed by atoms with Crippen LogP contribution in [0.15, 0.2) is 144 Å². The Kier molecular flexibility index (Phi) is 14.5. The van der Waals surface area contributed by atoms with Gasteiger partial charge in [0.2, 0.25) is 0 Å². The van der Waals surface area contributed by atoms with Crippen LogP contribution in [0.5, 0.6) is 0 Å². The van der Waals surface area contributed by atoms with Crippen LogP contribution < -0.4 is 24.8 Å². The fourth-order valence-corrected chi connectivity index (χ4v) is 5.15. The van der Waals surface area contributed by atoms with E-state index in [1.165, 1.54) is 81.6 Å². The van der Waals surface area contributed by atoms with E-state index in [1.807, 2.05) is 0 Å². The molecule has 0 nitrogen and oxygen atoms in total. The normalized spacial score (nSPS) is 19.4. The average molecular weight is 643 g/mol. The molecule has 0 fully saturated rings. The van der Waals surface area contributed by atoms with Gasteiger partial charge in [-0.15, -0.1) is 35.5 Å². The zero-order chi connectivity index (χ0) is 26.7. The zero-order valence-corrected chi connectivity index (χ0v) is 27.2. The van der Waals surface area contributed by atoms with Crippen molar-refractivity contribution < 1.29 is 49.0 Å². The summed E-state index contributed by atoms with van der Waals surface area (Å²) in [4.78, 5) is 0. The van der Waals surface area contributed by atoms with Gasteiger partial charge in [0.25, 0.3) is 0 Å². The average Bonchev–Trinajstić information content (AvgIpc) is 3.47. The van der Waals surface area contributed by atoms with Crippen molar-refractivity contribution in [1.29, 1.82) is 0 Å². The Morgan fingerprint density at radius 3 is 1.25 bits per heavy atom. The van der Waals surface area contributed by atoms with Gasteiger partial charge in [0.15, 0.2) is 0 Å². The van der Waals surface area contributed by atoms with Crippen LogP contribution in [0, 0.1) is 24.7 Å². The summed E-state index contributed by atoms with van der Waals surface area (Å²) >= 11 is 1.30. The van der Waals surface area contributed by atoms with Crippen LogP contribution >= 0.6 is 0 Å². The molecule has 0 heterocycles. The molecule has 0 spiro atoms. The van der Waals surface area contributed by atoms with Crippen molar-refractivity contribution in [2.75, 3.05) is 0 Å². The molecule has 0 saturated carbocycles. The van der Waals surface area contributed by atoms with E-state index in [4.69, 9.17) is 0 Å². The van der Waals surface area contributed by atoms with Crippen molar-refractivity contribution in [1.82, 2.24) is 0 Å². The molecule has 2 aromatic carbocycles. The quantitative estimate of drug-likeness (QED) is 0.449. The van der Waals surface area contributed by atoms with Gasteiger partial charge in [0.05, 0.1) is 0 Å². The van der Waals surface area contributed by atoms with Crippen LogP contribution in [-0.4, -0.2) is 4.21 Å². The van der Waals surface area contributed by atoms with Gasteiger partial charge in [-0.2, -0.15) is 36.1 Å². The number of allylic oxidation sites excluding steroid dienone is 16. The summed E-state index contributed by atoms with van der Waals surface area (Å²) in [6.45, 7) is 4.48. The minimum Gasteiger partial charge on any atom is -1.00 e. The first-order valence-corrected chi connectivity index (χ1v) is 15.3. The third-order valence-electron chi connectivity index (χ3n) is 7.16. The van der Waals surface area contributed by atoms with E-state index in [1.54, 1.807) is 0 Å². The van der Waals surface area contributed by atoms with E-state index in [0.29, 0.717) is 11.8 Å². The molecule has 6 rings (SSSR count). The van der Waals surface area contributed by atoms with E-state index in [2.05, 4.69) is 152 Å². The molecule has 204 valence electrons. The number of halogens is 2. The molecule has 4 aliphatic rings. The van der Waals surface area contributed by atoms with Gasteiger partial charge in [-0.25, -0.2) is 0 Å². The third-order valence-corrected chi connectivity index (χ3v) is 7.16. The Hall–Kier alpha value is -2.57. The summed E-state index contributed by atoms with van der Waals surface area (Å²) in [5.41, 5.74) is 10.8. The molecule has 0 saturated heterocycles. The molecule has 3 heteroatoms. The number of hydrogen-bond acceptors (Lipinski definition) is 0. The van der Waals surface area contributed by atoms with Gasteiger partial charge in [-0.05, 0) is 11.1 Å².